The number of hydrogen-bond donors (Lipinski definition) is 2. The van der Waals surface area contributed by atoms with Crippen molar-refractivity contribution in [2.45, 2.75) is 24.4 Å². The lowest BCUT2D eigenvalue weighted by molar-refractivity contribution is -0.124. The molecule has 0 unspecified atom stereocenters. The molecule has 4 aromatic rings. The minimum atomic E-state index is -4.01. The summed E-state index contributed by atoms with van der Waals surface area (Å²) in [5.74, 6) is 0.160. The summed E-state index contributed by atoms with van der Waals surface area (Å²) >= 11 is 0. The minimum Gasteiger partial charge on any atom is -0.497 e. The average molecular weight is 615 g/mol. The molecule has 4 aromatic carbocycles. The van der Waals surface area contributed by atoms with Gasteiger partial charge in [0.15, 0.2) is 6.61 Å². The number of carbonyl (C=O) groups is 2. The van der Waals surface area contributed by atoms with Crippen LogP contribution in [0.25, 0.3) is 0 Å². The average Bonchev–Trinajstić information content (AvgIpc) is 3.05. The number of benzene rings is 4. The zero-order valence-electron chi connectivity index (χ0n) is 24.4. The van der Waals surface area contributed by atoms with Gasteiger partial charge in [-0.15, -0.1) is 0 Å². The van der Waals surface area contributed by atoms with Crippen molar-refractivity contribution >= 4 is 28.1 Å². The van der Waals surface area contributed by atoms with Crippen LogP contribution in [0.5, 0.6) is 11.5 Å². The Morgan fingerprint density at radius 1 is 0.841 bits per heavy atom. The summed E-state index contributed by atoms with van der Waals surface area (Å²) < 4.78 is 38.7. The molecule has 0 radical (unpaired) electrons. The van der Waals surface area contributed by atoms with Crippen molar-refractivity contribution in [2.75, 3.05) is 20.3 Å². The second-order valence-corrected chi connectivity index (χ2v) is 11.7. The number of nitrogens with zero attached hydrogens (tertiary/aromatic N) is 2. The fourth-order valence-electron chi connectivity index (χ4n) is 4.19. The summed E-state index contributed by atoms with van der Waals surface area (Å²) in [5, 5.41) is 6.87. The number of hydrazone groups is 1. The third-order valence-corrected chi connectivity index (χ3v) is 8.35. The molecular formula is C33H34N4O6S. The van der Waals surface area contributed by atoms with E-state index < -0.39 is 22.5 Å². The van der Waals surface area contributed by atoms with E-state index in [9.17, 15) is 18.0 Å². The van der Waals surface area contributed by atoms with Crippen LogP contribution >= 0.6 is 0 Å². The lowest BCUT2D eigenvalue weighted by Gasteiger charge is -2.21. The number of carbonyl (C=O) groups excluding carboxylic acids is 2. The summed E-state index contributed by atoms with van der Waals surface area (Å²) in [6, 6.07) is 31.3. The topological polar surface area (TPSA) is 126 Å². The first-order valence-corrected chi connectivity index (χ1v) is 15.3. The quantitative estimate of drug-likeness (QED) is 0.161. The van der Waals surface area contributed by atoms with Crippen LogP contribution in [0.15, 0.2) is 119 Å². The maximum atomic E-state index is 13.4. The summed E-state index contributed by atoms with van der Waals surface area (Å²) in [6.07, 6.45) is 1.43. The van der Waals surface area contributed by atoms with E-state index in [1.54, 1.807) is 60.7 Å². The van der Waals surface area contributed by atoms with Gasteiger partial charge in [0.25, 0.3) is 11.8 Å². The molecule has 0 bridgehead atoms. The first kappa shape index (κ1) is 31.9. The normalized spacial score (nSPS) is 12.1. The highest BCUT2D eigenvalue weighted by Gasteiger charge is 2.27. The SMILES string of the molecule is COc1ccc(S(=O)(=O)N(CC(=O)N/N=C\c2ccc(OCC(=O)N[C@H](C)c3ccccc3)cc2)Cc2ccccc2)cc1. The Balaban J connectivity index is 1.31. The van der Waals surface area contributed by atoms with Crippen molar-refractivity contribution in [3.05, 3.63) is 126 Å². The van der Waals surface area contributed by atoms with Gasteiger partial charge in [-0.1, -0.05) is 60.7 Å². The lowest BCUT2D eigenvalue weighted by atomic mass is 10.1. The smallest absolute Gasteiger partial charge is 0.258 e. The Labute approximate surface area is 257 Å². The second-order valence-electron chi connectivity index (χ2n) is 9.79. The van der Waals surface area contributed by atoms with Crippen LogP contribution in [0.1, 0.15) is 29.7 Å². The minimum absolute atomic E-state index is 0.00299. The number of sulfonamides is 1. The van der Waals surface area contributed by atoms with Crippen LogP contribution in [-0.4, -0.2) is 51.0 Å². The Kier molecular flexibility index (Phi) is 11.2. The molecule has 4 rings (SSSR count). The molecule has 0 fully saturated rings. The van der Waals surface area contributed by atoms with Crippen molar-refractivity contribution in [1.82, 2.24) is 15.0 Å². The summed E-state index contributed by atoms with van der Waals surface area (Å²) in [4.78, 5) is 25.1. The van der Waals surface area contributed by atoms with E-state index in [4.69, 9.17) is 9.47 Å². The van der Waals surface area contributed by atoms with E-state index in [0.717, 1.165) is 15.4 Å². The highest BCUT2D eigenvalue weighted by atomic mass is 32.2. The van der Waals surface area contributed by atoms with Crippen molar-refractivity contribution in [1.29, 1.82) is 0 Å². The predicted molar refractivity (Wildman–Crippen MR) is 168 cm³/mol. The van der Waals surface area contributed by atoms with Crippen molar-refractivity contribution < 1.29 is 27.5 Å². The molecule has 2 N–H and O–H groups in total. The van der Waals surface area contributed by atoms with Gasteiger partial charge < -0.3 is 14.8 Å². The van der Waals surface area contributed by atoms with E-state index in [-0.39, 0.29) is 30.0 Å². The van der Waals surface area contributed by atoms with Crippen molar-refractivity contribution in [2.24, 2.45) is 5.10 Å². The highest BCUT2D eigenvalue weighted by molar-refractivity contribution is 7.89. The molecule has 2 amide bonds. The first-order valence-electron chi connectivity index (χ1n) is 13.8. The van der Waals surface area contributed by atoms with Gasteiger partial charge in [0.2, 0.25) is 10.0 Å². The van der Waals surface area contributed by atoms with Gasteiger partial charge >= 0.3 is 0 Å². The van der Waals surface area contributed by atoms with E-state index in [1.807, 2.05) is 43.3 Å². The van der Waals surface area contributed by atoms with E-state index in [1.165, 1.54) is 25.5 Å². The molecule has 0 aliphatic carbocycles. The molecule has 11 heteroatoms. The van der Waals surface area contributed by atoms with Gasteiger partial charge in [-0.2, -0.15) is 9.41 Å². The Hall–Kier alpha value is -5.00. The molecule has 0 aliphatic heterocycles. The third-order valence-electron chi connectivity index (χ3n) is 6.55. The number of amides is 2. The van der Waals surface area contributed by atoms with Crippen molar-refractivity contribution in [3.63, 3.8) is 0 Å². The van der Waals surface area contributed by atoms with E-state index in [0.29, 0.717) is 17.1 Å². The maximum absolute atomic E-state index is 13.4. The molecule has 0 saturated carbocycles. The second kappa shape index (κ2) is 15.5. The van der Waals surface area contributed by atoms with Crippen LogP contribution in [0.4, 0.5) is 0 Å². The molecule has 0 heterocycles. The molecule has 44 heavy (non-hydrogen) atoms. The van der Waals surface area contributed by atoms with Gasteiger partial charge in [-0.3, -0.25) is 9.59 Å². The highest BCUT2D eigenvalue weighted by Crippen LogP contribution is 2.21. The number of methoxy groups -OCH3 is 1. The summed E-state index contributed by atoms with van der Waals surface area (Å²) in [6.45, 7) is 1.32. The van der Waals surface area contributed by atoms with Gasteiger partial charge in [0.1, 0.15) is 11.5 Å². The fraction of sp³-hybridized carbons (Fsp3) is 0.182. The molecule has 10 nitrogen and oxygen atoms in total. The maximum Gasteiger partial charge on any atom is 0.258 e. The number of hydrogen-bond acceptors (Lipinski definition) is 7. The third kappa shape index (κ3) is 9.25. The zero-order chi connectivity index (χ0) is 31.4. The van der Waals surface area contributed by atoms with Crippen LogP contribution in [0, 0.1) is 0 Å². The Bertz CT molecular complexity index is 1650. The molecule has 0 aliphatic rings. The Morgan fingerprint density at radius 2 is 1.45 bits per heavy atom. The number of ether oxygens (including phenoxy) is 2. The fourth-order valence-corrected chi connectivity index (χ4v) is 5.58. The van der Waals surface area contributed by atoms with Crippen LogP contribution in [-0.2, 0) is 26.2 Å². The largest absolute Gasteiger partial charge is 0.497 e. The number of rotatable bonds is 14. The van der Waals surface area contributed by atoms with Gasteiger partial charge in [0.05, 0.1) is 30.8 Å². The molecule has 1 atom stereocenters. The molecule has 0 spiro atoms. The molecule has 228 valence electrons. The molecular weight excluding hydrogens is 580 g/mol. The predicted octanol–water partition coefficient (Wildman–Crippen LogP) is 4.29. The van der Waals surface area contributed by atoms with Gasteiger partial charge in [0, 0.05) is 6.54 Å². The molecule has 0 saturated heterocycles. The van der Waals surface area contributed by atoms with Crippen LogP contribution < -0.4 is 20.2 Å². The first-order chi connectivity index (χ1) is 21.2. The summed E-state index contributed by atoms with van der Waals surface area (Å²) in [5.41, 5.74) is 4.78. The zero-order valence-corrected chi connectivity index (χ0v) is 25.2. The van der Waals surface area contributed by atoms with E-state index in [2.05, 4.69) is 15.8 Å². The lowest BCUT2D eigenvalue weighted by Crippen LogP contribution is -2.39. The van der Waals surface area contributed by atoms with Crippen LogP contribution in [0.2, 0.25) is 0 Å². The van der Waals surface area contributed by atoms with E-state index >= 15 is 0 Å². The van der Waals surface area contributed by atoms with Gasteiger partial charge in [-0.05, 0) is 72.1 Å². The van der Waals surface area contributed by atoms with Gasteiger partial charge in [-0.25, -0.2) is 13.8 Å². The van der Waals surface area contributed by atoms with Crippen LogP contribution in [0.3, 0.4) is 0 Å². The van der Waals surface area contributed by atoms with Crippen molar-refractivity contribution in [3.8, 4) is 11.5 Å². The Morgan fingerprint density at radius 3 is 2.09 bits per heavy atom. The monoisotopic (exact) mass is 614 g/mol. The summed E-state index contributed by atoms with van der Waals surface area (Å²) in [7, 11) is -2.52. The standard InChI is InChI=1S/C33H34N4O6S/c1-25(28-11-7-4-8-12-28)35-33(39)24-43-30-15-13-26(14-16-30)21-34-36-32(38)23-37(22-27-9-5-3-6-10-27)44(40,41)31-19-17-29(42-2)18-20-31/h3-21,25H,22-24H2,1-2H3,(H,35,39)(H,36,38)/b34-21-/t25-/m1/s1. The molecule has 0 aromatic heterocycles. The number of nitrogens with one attached hydrogen (secondary N) is 2.